The van der Waals surface area contributed by atoms with Gasteiger partial charge in [-0.3, -0.25) is 0 Å². The highest BCUT2D eigenvalue weighted by Gasteiger charge is 1.93. The fourth-order valence-corrected chi connectivity index (χ4v) is 2.44. The summed E-state index contributed by atoms with van der Waals surface area (Å²) in [6.07, 6.45) is 15.6. The molecule has 0 heterocycles. The smallest absolute Gasteiger partial charge is 0.0340 e. The van der Waals surface area contributed by atoms with E-state index < -0.39 is 0 Å². The van der Waals surface area contributed by atoms with Gasteiger partial charge in [-0.05, 0) is 31.4 Å². The van der Waals surface area contributed by atoms with Gasteiger partial charge >= 0.3 is 0 Å². The molecule has 0 atom stereocenters. The number of hydrogen-bond donors (Lipinski definition) is 1. The quantitative estimate of drug-likeness (QED) is 0.334. The molecule has 1 rings (SSSR count). The zero-order chi connectivity index (χ0) is 14.3. The van der Waals surface area contributed by atoms with Crippen molar-refractivity contribution in [3.63, 3.8) is 0 Å². The van der Waals surface area contributed by atoms with Crippen molar-refractivity contribution in [2.45, 2.75) is 64.2 Å². The molecule has 0 spiro atoms. The first-order valence-electron chi connectivity index (χ1n) is 8.33. The first kappa shape index (κ1) is 16.8. The molecule has 1 aromatic rings. The second-order valence-electron chi connectivity index (χ2n) is 5.55. The van der Waals surface area contributed by atoms with Crippen LogP contribution in [-0.4, -0.2) is 6.54 Å². The predicted molar refractivity (Wildman–Crippen MR) is 91.3 cm³/mol. The van der Waals surface area contributed by atoms with Gasteiger partial charge in [0.05, 0.1) is 0 Å². The molecule has 0 saturated carbocycles. The van der Waals surface area contributed by atoms with Gasteiger partial charge in [0.25, 0.3) is 0 Å². The molecule has 0 aliphatic rings. The maximum Gasteiger partial charge on any atom is 0.0340 e. The number of anilines is 1. The molecule has 0 fully saturated rings. The summed E-state index contributed by atoms with van der Waals surface area (Å²) in [6, 6.07) is 10.5. The molecule has 0 bridgehead atoms. The third-order valence-corrected chi connectivity index (χ3v) is 3.69. The minimum atomic E-state index is 1.10. The van der Waals surface area contributed by atoms with Crippen molar-refractivity contribution in [1.29, 1.82) is 0 Å². The predicted octanol–water partition coefficient (Wildman–Crippen LogP) is 6.19. The number of unbranched alkanes of at least 4 members (excludes halogenated alkanes) is 9. The first-order valence-corrected chi connectivity index (χ1v) is 8.33. The second-order valence-corrected chi connectivity index (χ2v) is 5.55. The molecule has 20 heavy (non-hydrogen) atoms. The Labute approximate surface area is 125 Å². The minimum Gasteiger partial charge on any atom is -0.385 e. The van der Waals surface area contributed by atoms with Crippen LogP contribution in [0.1, 0.15) is 64.2 Å². The van der Waals surface area contributed by atoms with Crippen molar-refractivity contribution in [3.8, 4) is 0 Å². The van der Waals surface area contributed by atoms with Gasteiger partial charge in [0.2, 0.25) is 0 Å². The molecular formula is C19H31N. The third-order valence-electron chi connectivity index (χ3n) is 3.69. The molecule has 1 aromatic carbocycles. The van der Waals surface area contributed by atoms with Crippen molar-refractivity contribution in [1.82, 2.24) is 0 Å². The molecule has 1 N–H and O–H groups in total. The molecule has 0 aromatic heterocycles. The molecule has 1 heteroatoms. The number of rotatable bonds is 13. The Morgan fingerprint density at radius 1 is 0.750 bits per heavy atom. The summed E-state index contributed by atoms with van der Waals surface area (Å²) in [5.74, 6) is 0. The van der Waals surface area contributed by atoms with Crippen molar-refractivity contribution >= 4 is 5.69 Å². The van der Waals surface area contributed by atoms with Crippen LogP contribution in [0.25, 0.3) is 0 Å². The van der Waals surface area contributed by atoms with E-state index in [2.05, 4.69) is 42.2 Å². The summed E-state index contributed by atoms with van der Waals surface area (Å²) in [4.78, 5) is 0. The Kier molecular flexibility index (Phi) is 10.7. The standard InChI is InChI=1S/C19H31N/c1-2-3-4-5-6-7-8-9-10-11-15-18-20-19-16-13-12-14-17-19/h2,12-14,16-17,20H,1,3-11,15,18H2. The first-order chi connectivity index (χ1) is 9.93. The van der Waals surface area contributed by atoms with Crippen LogP contribution >= 0.6 is 0 Å². The minimum absolute atomic E-state index is 1.10. The molecule has 0 radical (unpaired) electrons. The van der Waals surface area contributed by atoms with E-state index in [0.717, 1.165) is 6.54 Å². The summed E-state index contributed by atoms with van der Waals surface area (Å²) < 4.78 is 0. The van der Waals surface area contributed by atoms with Crippen molar-refractivity contribution in [2.75, 3.05) is 11.9 Å². The van der Waals surface area contributed by atoms with Crippen LogP contribution < -0.4 is 5.32 Å². The lowest BCUT2D eigenvalue weighted by Crippen LogP contribution is -2.00. The second kappa shape index (κ2) is 12.8. The van der Waals surface area contributed by atoms with Crippen LogP contribution in [0, 0.1) is 0 Å². The fraction of sp³-hybridized carbons (Fsp3) is 0.579. The average Bonchev–Trinajstić information content (AvgIpc) is 2.49. The normalized spacial score (nSPS) is 10.4. The highest BCUT2D eigenvalue weighted by molar-refractivity contribution is 5.42. The van der Waals surface area contributed by atoms with Crippen molar-refractivity contribution < 1.29 is 0 Å². The van der Waals surface area contributed by atoms with Crippen LogP contribution in [0.15, 0.2) is 43.0 Å². The maximum atomic E-state index is 3.76. The van der Waals surface area contributed by atoms with Gasteiger partial charge in [0, 0.05) is 12.2 Å². The zero-order valence-corrected chi connectivity index (χ0v) is 12.9. The molecule has 0 unspecified atom stereocenters. The largest absolute Gasteiger partial charge is 0.385 e. The van der Waals surface area contributed by atoms with E-state index in [4.69, 9.17) is 0 Å². The van der Waals surface area contributed by atoms with E-state index in [9.17, 15) is 0 Å². The number of nitrogens with one attached hydrogen (secondary N) is 1. The van der Waals surface area contributed by atoms with Crippen molar-refractivity contribution in [3.05, 3.63) is 43.0 Å². The number of allylic oxidation sites excluding steroid dienone is 1. The van der Waals surface area contributed by atoms with Gasteiger partial charge in [-0.1, -0.05) is 69.2 Å². The lowest BCUT2D eigenvalue weighted by atomic mass is 10.1. The highest BCUT2D eigenvalue weighted by atomic mass is 14.9. The molecule has 1 nitrogen and oxygen atoms in total. The number of para-hydroxylation sites is 1. The monoisotopic (exact) mass is 273 g/mol. The number of benzene rings is 1. The summed E-state index contributed by atoms with van der Waals surface area (Å²) in [7, 11) is 0. The molecule has 0 aliphatic heterocycles. The fourth-order valence-electron chi connectivity index (χ4n) is 2.44. The lowest BCUT2D eigenvalue weighted by molar-refractivity contribution is 0.564. The van der Waals surface area contributed by atoms with Gasteiger partial charge in [-0.25, -0.2) is 0 Å². The average molecular weight is 273 g/mol. The lowest BCUT2D eigenvalue weighted by Gasteiger charge is -2.06. The van der Waals surface area contributed by atoms with E-state index in [1.807, 2.05) is 6.08 Å². The maximum absolute atomic E-state index is 3.76. The summed E-state index contributed by atoms with van der Waals surface area (Å²) in [5.41, 5.74) is 1.24. The zero-order valence-electron chi connectivity index (χ0n) is 12.9. The summed E-state index contributed by atoms with van der Waals surface area (Å²) in [5, 5.41) is 3.47. The Morgan fingerprint density at radius 2 is 1.30 bits per heavy atom. The van der Waals surface area contributed by atoms with Crippen LogP contribution in [0.4, 0.5) is 5.69 Å². The van der Waals surface area contributed by atoms with E-state index in [1.54, 1.807) is 0 Å². The summed E-state index contributed by atoms with van der Waals surface area (Å²) >= 11 is 0. The van der Waals surface area contributed by atoms with Crippen LogP contribution in [0.3, 0.4) is 0 Å². The molecule has 0 amide bonds. The van der Waals surface area contributed by atoms with Gasteiger partial charge in [-0.2, -0.15) is 0 Å². The topological polar surface area (TPSA) is 12.0 Å². The Morgan fingerprint density at radius 3 is 1.90 bits per heavy atom. The van der Waals surface area contributed by atoms with E-state index >= 15 is 0 Å². The van der Waals surface area contributed by atoms with Crippen LogP contribution in [0.2, 0.25) is 0 Å². The molecular weight excluding hydrogens is 242 g/mol. The van der Waals surface area contributed by atoms with Crippen molar-refractivity contribution in [2.24, 2.45) is 0 Å². The summed E-state index contributed by atoms with van der Waals surface area (Å²) in [6.45, 7) is 4.86. The SMILES string of the molecule is C=CCCCCCCCCCCCNc1ccccc1. The van der Waals surface area contributed by atoms with Gasteiger partial charge in [0.1, 0.15) is 0 Å². The van der Waals surface area contributed by atoms with E-state index in [-0.39, 0.29) is 0 Å². The van der Waals surface area contributed by atoms with E-state index in [1.165, 1.54) is 69.9 Å². The molecule has 0 aliphatic carbocycles. The highest BCUT2D eigenvalue weighted by Crippen LogP contribution is 2.11. The van der Waals surface area contributed by atoms with Crippen LogP contribution in [0.5, 0.6) is 0 Å². The Hall–Kier alpha value is -1.24. The number of hydrogen-bond acceptors (Lipinski definition) is 1. The van der Waals surface area contributed by atoms with Gasteiger partial charge in [-0.15, -0.1) is 6.58 Å². The molecule has 112 valence electrons. The molecule has 0 saturated heterocycles. The Balaban J connectivity index is 1.78. The van der Waals surface area contributed by atoms with Gasteiger partial charge in [0.15, 0.2) is 0 Å². The third kappa shape index (κ3) is 9.66. The van der Waals surface area contributed by atoms with Gasteiger partial charge < -0.3 is 5.32 Å². The van der Waals surface area contributed by atoms with E-state index in [0.29, 0.717) is 0 Å². The van der Waals surface area contributed by atoms with Crippen LogP contribution in [-0.2, 0) is 0 Å². The Bertz CT molecular complexity index is 318.